The van der Waals surface area contributed by atoms with Crippen LogP contribution in [0.1, 0.15) is 16.2 Å². The molecule has 3 heterocycles. The first-order valence-electron chi connectivity index (χ1n) is 7.51. The number of hydrogen-bond acceptors (Lipinski definition) is 7. The molecule has 0 bridgehead atoms. The SMILES string of the molecule is O=C(OCc1nc2ccccc2c(=O)[nH]1)c1cnc2n(c1=O)CCS2. The maximum absolute atomic E-state index is 12.3. The molecule has 0 fully saturated rings. The number of H-pyrrole nitrogens is 1. The second kappa shape index (κ2) is 6.17. The number of aromatic amines is 1. The van der Waals surface area contributed by atoms with E-state index in [4.69, 9.17) is 4.74 Å². The number of esters is 1. The lowest BCUT2D eigenvalue weighted by molar-refractivity contribution is 0.0458. The number of carbonyl (C=O) groups is 1. The molecule has 2 aromatic heterocycles. The summed E-state index contributed by atoms with van der Waals surface area (Å²) in [6.07, 6.45) is 1.23. The van der Waals surface area contributed by atoms with Gasteiger partial charge in [0.1, 0.15) is 18.0 Å². The Morgan fingerprint density at radius 1 is 1.32 bits per heavy atom. The summed E-state index contributed by atoms with van der Waals surface area (Å²) < 4.78 is 6.58. The quantitative estimate of drug-likeness (QED) is 0.550. The van der Waals surface area contributed by atoms with Gasteiger partial charge in [0, 0.05) is 12.3 Å². The van der Waals surface area contributed by atoms with Crippen molar-refractivity contribution in [2.75, 3.05) is 5.75 Å². The summed E-state index contributed by atoms with van der Waals surface area (Å²) in [5.74, 6) is 0.172. The number of rotatable bonds is 3. The van der Waals surface area contributed by atoms with Crippen molar-refractivity contribution < 1.29 is 9.53 Å². The van der Waals surface area contributed by atoms with Crippen molar-refractivity contribution in [2.45, 2.75) is 18.3 Å². The van der Waals surface area contributed by atoms with E-state index in [9.17, 15) is 14.4 Å². The fraction of sp³-hybridized carbons (Fsp3) is 0.188. The van der Waals surface area contributed by atoms with Crippen LogP contribution in [0.3, 0.4) is 0 Å². The maximum Gasteiger partial charge on any atom is 0.345 e. The van der Waals surface area contributed by atoms with Gasteiger partial charge in [-0.1, -0.05) is 23.9 Å². The van der Waals surface area contributed by atoms with Crippen LogP contribution in [0, 0.1) is 0 Å². The third-order valence-corrected chi connectivity index (χ3v) is 4.75. The molecule has 8 nitrogen and oxygen atoms in total. The average molecular weight is 356 g/mol. The Labute approximate surface area is 144 Å². The summed E-state index contributed by atoms with van der Waals surface area (Å²) >= 11 is 1.47. The largest absolute Gasteiger partial charge is 0.454 e. The van der Waals surface area contributed by atoms with Crippen molar-refractivity contribution in [2.24, 2.45) is 0 Å². The number of hydrogen-bond donors (Lipinski definition) is 1. The molecule has 0 saturated heterocycles. The van der Waals surface area contributed by atoms with Crippen molar-refractivity contribution in [1.82, 2.24) is 19.5 Å². The number of aromatic nitrogens is 4. The number of carbonyl (C=O) groups excluding carboxylic acids is 1. The van der Waals surface area contributed by atoms with Gasteiger partial charge in [-0.25, -0.2) is 14.8 Å². The number of benzene rings is 1. The van der Waals surface area contributed by atoms with Gasteiger partial charge in [0.15, 0.2) is 5.16 Å². The van der Waals surface area contributed by atoms with Crippen LogP contribution in [0.2, 0.25) is 0 Å². The molecule has 0 spiro atoms. The Kier molecular flexibility index (Phi) is 3.85. The molecule has 0 atom stereocenters. The van der Waals surface area contributed by atoms with E-state index in [-0.39, 0.29) is 23.6 Å². The lowest BCUT2D eigenvalue weighted by Crippen LogP contribution is -2.27. The van der Waals surface area contributed by atoms with Crippen LogP contribution in [-0.4, -0.2) is 31.2 Å². The number of fused-ring (bicyclic) bond motifs is 2. The molecule has 1 aliphatic heterocycles. The number of thioether (sulfide) groups is 1. The van der Waals surface area contributed by atoms with Crippen LogP contribution in [-0.2, 0) is 17.9 Å². The minimum absolute atomic E-state index is 0.130. The van der Waals surface area contributed by atoms with E-state index in [1.165, 1.54) is 22.5 Å². The molecular formula is C16H12N4O4S. The first-order valence-corrected chi connectivity index (χ1v) is 8.50. The number of nitrogens with zero attached hydrogens (tertiary/aromatic N) is 3. The lowest BCUT2D eigenvalue weighted by Gasteiger charge is -2.06. The fourth-order valence-electron chi connectivity index (χ4n) is 2.57. The Balaban J connectivity index is 1.57. The highest BCUT2D eigenvalue weighted by molar-refractivity contribution is 7.99. The zero-order valence-electron chi connectivity index (χ0n) is 12.9. The molecular weight excluding hydrogens is 344 g/mol. The lowest BCUT2D eigenvalue weighted by atomic mass is 10.2. The molecule has 0 amide bonds. The predicted molar refractivity (Wildman–Crippen MR) is 90.7 cm³/mol. The number of ether oxygens (including phenoxy) is 1. The molecule has 1 aromatic carbocycles. The number of para-hydroxylation sites is 1. The van der Waals surface area contributed by atoms with Crippen molar-refractivity contribution in [3.8, 4) is 0 Å². The van der Waals surface area contributed by atoms with Gasteiger partial charge in [0.25, 0.3) is 11.1 Å². The molecule has 1 aliphatic rings. The van der Waals surface area contributed by atoms with E-state index >= 15 is 0 Å². The fourth-order valence-corrected chi connectivity index (χ4v) is 3.49. The number of nitrogens with one attached hydrogen (secondary N) is 1. The molecule has 126 valence electrons. The highest BCUT2D eigenvalue weighted by Crippen LogP contribution is 2.20. The normalized spacial score (nSPS) is 13.0. The summed E-state index contributed by atoms with van der Waals surface area (Å²) in [5.41, 5.74) is -0.351. The van der Waals surface area contributed by atoms with Crippen LogP contribution >= 0.6 is 11.8 Å². The molecule has 0 unspecified atom stereocenters. The van der Waals surface area contributed by atoms with Gasteiger partial charge in [-0.2, -0.15) is 0 Å². The zero-order chi connectivity index (χ0) is 17.4. The minimum Gasteiger partial charge on any atom is -0.454 e. The van der Waals surface area contributed by atoms with E-state index in [0.29, 0.717) is 22.6 Å². The van der Waals surface area contributed by atoms with Gasteiger partial charge >= 0.3 is 5.97 Å². The second-order valence-electron chi connectivity index (χ2n) is 5.37. The first kappa shape index (κ1) is 15.6. The molecule has 0 aliphatic carbocycles. The van der Waals surface area contributed by atoms with Crippen molar-refractivity contribution in [1.29, 1.82) is 0 Å². The van der Waals surface area contributed by atoms with Gasteiger partial charge in [-0.3, -0.25) is 14.2 Å². The van der Waals surface area contributed by atoms with E-state index in [2.05, 4.69) is 15.0 Å². The summed E-state index contributed by atoms with van der Waals surface area (Å²) in [7, 11) is 0. The molecule has 25 heavy (non-hydrogen) atoms. The van der Waals surface area contributed by atoms with Crippen LogP contribution in [0.5, 0.6) is 0 Å². The molecule has 3 aromatic rings. The van der Waals surface area contributed by atoms with Crippen LogP contribution in [0.15, 0.2) is 45.2 Å². The van der Waals surface area contributed by atoms with Crippen LogP contribution < -0.4 is 11.1 Å². The predicted octanol–water partition coefficient (Wildman–Crippen LogP) is 0.942. The molecule has 9 heteroatoms. The van der Waals surface area contributed by atoms with Crippen LogP contribution in [0.25, 0.3) is 10.9 Å². The summed E-state index contributed by atoms with van der Waals surface area (Å²) in [5, 5.41) is 1.05. The molecule has 0 saturated carbocycles. The minimum atomic E-state index is -0.791. The highest BCUT2D eigenvalue weighted by Gasteiger charge is 2.21. The molecule has 1 N–H and O–H groups in total. The third kappa shape index (κ3) is 2.82. The summed E-state index contributed by atoms with van der Waals surface area (Å²) in [6.45, 7) is 0.279. The highest BCUT2D eigenvalue weighted by atomic mass is 32.2. The van der Waals surface area contributed by atoms with Crippen LogP contribution in [0.4, 0.5) is 0 Å². The smallest absolute Gasteiger partial charge is 0.345 e. The van der Waals surface area contributed by atoms with E-state index < -0.39 is 11.5 Å². The monoisotopic (exact) mass is 356 g/mol. The Morgan fingerprint density at radius 2 is 2.16 bits per heavy atom. The maximum atomic E-state index is 12.3. The van der Waals surface area contributed by atoms with Gasteiger partial charge in [0.05, 0.1) is 17.1 Å². The van der Waals surface area contributed by atoms with Gasteiger partial charge in [-0.15, -0.1) is 0 Å². The van der Waals surface area contributed by atoms with Crippen molar-refractivity contribution >= 4 is 28.6 Å². The molecule has 0 radical (unpaired) electrons. The zero-order valence-corrected chi connectivity index (χ0v) is 13.7. The summed E-state index contributed by atoms with van der Waals surface area (Å²) in [6, 6.07) is 6.86. The standard InChI is InChI=1S/C16H12N4O4S/c21-13-9-3-1-2-4-11(9)18-12(19-13)8-24-15(23)10-7-17-16-20(14(10)22)5-6-25-16/h1-4,7H,5-6,8H2,(H,18,19,21). The van der Waals surface area contributed by atoms with Gasteiger partial charge < -0.3 is 9.72 Å². The van der Waals surface area contributed by atoms with E-state index in [1.54, 1.807) is 24.3 Å². The van der Waals surface area contributed by atoms with E-state index in [1.807, 2.05) is 0 Å². The Bertz CT molecular complexity index is 1110. The third-order valence-electron chi connectivity index (χ3n) is 3.78. The molecule has 4 rings (SSSR count). The Hall–Kier alpha value is -2.94. The second-order valence-corrected chi connectivity index (χ2v) is 6.43. The topological polar surface area (TPSA) is 107 Å². The van der Waals surface area contributed by atoms with Crippen molar-refractivity contribution in [3.05, 3.63) is 62.6 Å². The summed E-state index contributed by atoms with van der Waals surface area (Å²) in [4.78, 5) is 47.4. The van der Waals surface area contributed by atoms with Gasteiger partial charge in [-0.05, 0) is 12.1 Å². The first-order chi connectivity index (χ1) is 12.1. The average Bonchev–Trinajstić information content (AvgIpc) is 3.10. The van der Waals surface area contributed by atoms with Crippen molar-refractivity contribution in [3.63, 3.8) is 0 Å². The van der Waals surface area contributed by atoms with E-state index in [0.717, 1.165) is 5.75 Å². The van der Waals surface area contributed by atoms with Gasteiger partial charge in [0.2, 0.25) is 0 Å². The Morgan fingerprint density at radius 3 is 3.04 bits per heavy atom.